The Balaban J connectivity index is 1.71. The Morgan fingerprint density at radius 3 is 1.65 bits per heavy atom. The predicted molar refractivity (Wildman–Crippen MR) is 98.5 cm³/mol. The van der Waals surface area contributed by atoms with Crippen LogP contribution >= 0.6 is 0 Å². The van der Waals surface area contributed by atoms with Crippen molar-refractivity contribution >= 4 is 17.5 Å². The molecular weight excluding hydrogens is 280 g/mol. The summed E-state index contributed by atoms with van der Waals surface area (Å²) in [4.78, 5) is 0. The molecule has 0 heterocycles. The molecule has 0 bridgehead atoms. The third-order valence-corrected chi connectivity index (χ3v) is 3.51. The van der Waals surface area contributed by atoms with Crippen LogP contribution in [0.5, 0.6) is 0 Å². The molecule has 3 rings (SSSR count). The fraction of sp³-hybridized carbons (Fsp3) is 0.0476. The maximum Gasteiger partial charge on any atom is 0.0577 e. The first-order valence-corrected chi connectivity index (χ1v) is 7.79. The number of nitrogens with one attached hydrogen (secondary N) is 1. The first kappa shape index (κ1) is 15.1. The van der Waals surface area contributed by atoms with Crippen molar-refractivity contribution in [2.24, 2.45) is 0 Å². The summed E-state index contributed by atoms with van der Waals surface area (Å²) < 4.78 is 0. The lowest BCUT2D eigenvalue weighted by molar-refractivity contribution is 0.777. The molecule has 2 heteroatoms. The Bertz CT molecular complexity index is 682. The summed E-state index contributed by atoms with van der Waals surface area (Å²) in [5, 5.41) is 2.11. The molecule has 0 atom stereocenters. The van der Waals surface area contributed by atoms with E-state index in [1.807, 2.05) is 54.6 Å². The van der Waals surface area contributed by atoms with E-state index in [0.717, 1.165) is 17.9 Å². The molecule has 0 fully saturated rings. The summed E-state index contributed by atoms with van der Waals surface area (Å²) in [6, 6.07) is 31.0. The van der Waals surface area contributed by atoms with E-state index in [9.17, 15) is 0 Å². The summed E-state index contributed by atoms with van der Waals surface area (Å²) in [5.74, 6) is 0. The molecule has 114 valence electrons. The normalized spacial score (nSPS) is 10.8. The lowest BCUT2D eigenvalue weighted by Gasteiger charge is -2.25. The van der Waals surface area contributed by atoms with Crippen molar-refractivity contribution < 1.29 is 0 Å². The lowest BCUT2D eigenvalue weighted by atomic mass is 10.2. The van der Waals surface area contributed by atoms with Gasteiger partial charge in [0, 0.05) is 6.54 Å². The van der Waals surface area contributed by atoms with E-state index in [1.54, 1.807) is 0 Å². The van der Waals surface area contributed by atoms with Crippen LogP contribution in [0.4, 0.5) is 11.4 Å². The summed E-state index contributed by atoms with van der Waals surface area (Å²) >= 11 is 0. The van der Waals surface area contributed by atoms with Crippen LogP contribution in [0.15, 0.2) is 97.1 Å². The van der Waals surface area contributed by atoms with Crippen LogP contribution in [0, 0.1) is 0 Å². The molecule has 3 aromatic rings. The van der Waals surface area contributed by atoms with Crippen molar-refractivity contribution in [3.8, 4) is 0 Å². The van der Waals surface area contributed by atoms with Gasteiger partial charge < -0.3 is 0 Å². The van der Waals surface area contributed by atoms with E-state index in [2.05, 4.69) is 59.0 Å². The van der Waals surface area contributed by atoms with Gasteiger partial charge in [0.1, 0.15) is 0 Å². The fourth-order valence-corrected chi connectivity index (χ4v) is 2.39. The van der Waals surface area contributed by atoms with E-state index in [1.165, 1.54) is 5.56 Å². The maximum absolute atomic E-state index is 3.47. The minimum atomic E-state index is 0.749. The topological polar surface area (TPSA) is 15.3 Å². The van der Waals surface area contributed by atoms with Gasteiger partial charge in [-0.05, 0) is 29.8 Å². The molecule has 0 aromatic heterocycles. The monoisotopic (exact) mass is 300 g/mol. The van der Waals surface area contributed by atoms with Crippen LogP contribution in [0.3, 0.4) is 0 Å². The minimum absolute atomic E-state index is 0.749. The largest absolute Gasteiger partial charge is 0.277 e. The van der Waals surface area contributed by atoms with Crippen molar-refractivity contribution in [3.05, 3.63) is 103 Å². The van der Waals surface area contributed by atoms with E-state index >= 15 is 0 Å². The maximum atomic E-state index is 3.47. The number of rotatable bonds is 6. The molecule has 0 saturated heterocycles. The zero-order chi connectivity index (χ0) is 15.7. The van der Waals surface area contributed by atoms with Crippen LogP contribution in [0.2, 0.25) is 0 Å². The molecular formula is C21H20N2. The van der Waals surface area contributed by atoms with E-state index < -0.39 is 0 Å². The number of nitrogens with zero attached hydrogens (tertiary/aromatic N) is 1. The molecule has 0 aliphatic heterocycles. The van der Waals surface area contributed by atoms with Gasteiger partial charge in [-0.25, -0.2) is 5.43 Å². The molecule has 0 unspecified atom stereocenters. The van der Waals surface area contributed by atoms with Gasteiger partial charge in [0.2, 0.25) is 0 Å². The molecule has 1 N–H and O–H groups in total. The molecule has 0 spiro atoms. The van der Waals surface area contributed by atoms with Crippen LogP contribution in [0.25, 0.3) is 6.08 Å². The quantitative estimate of drug-likeness (QED) is 0.641. The summed E-state index contributed by atoms with van der Waals surface area (Å²) in [7, 11) is 0. The molecule has 23 heavy (non-hydrogen) atoms. The first-order valence-electron chi connectivity index (χ1n) is 7.79. The van der Waals surface area contributed by atoms with Gasteiger partial charge in [0.05, 0.1) is 11.4 Å². The number of benzene rings is 3. The van der Waals surface area contributed by atoms with Gasteiger partial charge in [-0.15, -0.1) is 0 Å². The van der Waals surface area contributed by atoms with Crippen LogP contribution in [0.1, 0.15) is 5.56 Å². The highest BCUT2D eigenvalue weighted by Crippen LogP contribution is 2.22. The van der Waals surface area contributed by atoms with Crippen LogP contribution in [-0.4, -0.2) is 6.54 Å². The highest BCUT2D eigenvalue weighted by molar-refractivity contribution is 5.61. The van der Waals surface area contributed by atoms with Gasteiger partial charge in [-0.1, -0.05) is 78.9 Å². The van der Waals surface area contributed by atoms with Crippen LogP contribution in [-0.2, 0) is 0 Å². The Morgan fingerprint density at radius 1 is 0.652 bits per heavy atom. The highest BCUT2D eigenvalue weighted by atomic mass is 15.5. The Hall–Kier alpha value is -2.84. The summed E-state index contributed by atoms with van der Waals surface area (Å²) in [6.07, 6.45) is 4.26. The van der Waals surface area contributed by atoms with Gasteiger partial charge in [-0.3, -0.25) is 5.01 Å². The Labute approximate surface area is 137 Å². The second-order valence-electron chi connectivity index (χ2n) is 5.18. The first-order chi connectivity index (χ1) is 11.4. The van der Waals surface area contributed by atoms with Gasteiger partial charge in [0.15, 0.2) is 0 Å². The summed E-state index contributed by atoms with van der Waals surface area (Å²) in [5.41, 5.74) is 6.91. The molecule has 0 aliphatic rings. The van der Waals surface area contributed by atoms with Gasteiger partial charge >= 0.3 is 0 Å². The second kappa shape index (κ2) is 7.97. The van der Waals surface area contributed by atoms with E-state index in [0.29, 0.717) is 0 Å². The average Bonchev–Trinajstić information content (AvgIpc) is 2.64. The smallest absolute Gasteiger partial charge is 0.0577 e. The molecule has 0 amide bonds. The third kappa shape index (κ3) is 4.31. The predicted octanol–water partition coefficient (Wildman–Crippen LogP) is 5.04. The second-order valence-corrected chi connectivity index (χ2v) is 5.18. The zero-order valence-electron chi connectivity index (χ0n) is 13.0. The fourth-order valence-electron chi connectivity index (χ4n) is 2.39. The standard InChI is InChI=1S/C21H20N2/c1-4-11-19(12-5-1)13-10-18-22-23(20-14-6-2-7-15-20)21-16-8-3-9-17-21/h1-17,22H,18H2/b13-10+. The number of para-hydroxylation sites is 2. The molecule has 0 radical (unpaired) electrons. The third-order valence-electron chi connectivity index (χ3n) is 3.51. The van der Waals surface area contributed by atoms with Crippen molar-refractivity contribution in [2.75, 3.05) is 11.6 Å². The van der Waals surface area contributed by atoms with Gasteiger partial charge in [0.25, 0.3) is 0 Å². The van der Waals surface area contributed by atoms with Crippen molar-refractivity contribution in [1.29, 1.82) is 0 Å². The number of hydrazine groups is 1. The Morgan fingerprint density at radius 2 is 1.13 bits per heavy atom. The number of anilines is 2. The molecule has 3 aromatic carbocycles. The Kier molecular flexibility index (Phi) is 5.22. The molecule has 0 aliphatic carbocycles. The van der Waals surface area contributed by atoms with Crippen LogP contribution < -0.4 is 10.4 Å². The number of hydrogen-bond acceptors (Lipinski definition) is 2. The summed E-state index contributed by atoms with van der Waals surface area (Å²) in [6.45, 7) is 0.749. The van der Waals surface area contributed by atoms with Crippen molar-refractivity contribution in [3.63, 3.8) is 0 Å². The molecule has 0 saturated carbocycles. The average molecular weight is 300 g/mol. The van der Waals surface area contributed by atoms with E-state index in [-0.39, 0.29) is 0 Å². The SMILES string of the molecule is C(=C\c1ccccc1)/CNN(c1ccccc1)c1ccccc1. The molecule has 2 nitrogen and oxygen atoms in total. The minimum Gasteiger partial charge on any atom is -0.277 e. The van der Waals surface area contributed by atoms with Gasteiger partial charge in [-0.2, -0.15) is 0 Å². The van der Waals surface area contributed by atoms with E-state index in [4.69, 9.17) is 0 Å². The zero-order valence-corrected chi connectivity index (χ0v) is 13.0. The number of hydrogen-bond donors (Lipinski definition) is 1. The van der Waals surface area contributed by atoms with Crippen molar-refractivity contribution in [2.45, 2.75) is 0 Å². The lowest BCUT2D eigenvalue weighted by Crippen LogP contribution is -2.33. The highest BCUT2D eigenvalue weighted by Gasteiger charge is 2.06. The van der Waals surface area contributed by atoms with Crippen molar-refractivity contribution in [1.82, 2.24) is 5.43 Å².